The van der Waals surface area contributed by atoms with Crippen LogP contribution in [0.25, 0.3) is 0 Å². The second kappa shape index (κ2) is 32.2. The van der Waals surface area contributed by atoms with E-state index in [0.717, 1.165) is 56.3 Å². The quantitative estimate of drug-likeness (QED) is 0.0907. The molecular weight excluding hydrogens is 674 g/mol. The molecule has 0 saturated heterocycles. The summed E-state index contributed by atoms with van der Waals surface area (Å²) in [5, 5.41) is 29.1. The normalized spacial score (nSPS) is 12.9. The van der Waals surface area contributed by atoms with Crippen molar-refractivity contribution in [2.45, 2.75) is 154 Å². The number of carbonyl (C=O) groups is 3. The van der Waals surface area contributed by atoms with Gasteiger partial charge in [-0.05, 0) is 37.0 Å². The summed E-state index contributed by atoms with van der Waals surface area (Å²) in [4.78, 5) is 30.9. The summed E-state index contributed by atoms with van der Waals surface area (Å²) < 4.78 is 0. The van der Waals surface area contributed by atoms with Crippen LogP contribution in [0.3, 0.4) is 0 Å². The zero-order chi connectivity index (χ0) is 30.8. The average molecular weight is 732 g/mol. The fraction of sp³-hybridized carbons (Fsp3) is 0.900. The number of carbonyl (C=O) groups excluding carboxylic acids is 3. The molecule has 0 heterocycles. The van der Waals surface area contributed by atoms with Crippen LogP contribution >= 0.6 is 37.9 Å². The van der Waals surface area contributed by atoms with E-state index in [1.165, 1.54) is 38.5 Å². The van der Waals surface area contributed by atoms with Crippen molar-refractivity contribution in [1.82, 2.24) is 0 Å². The van der Waals surface area contributed by atoms with E-state index in [0.29, 0.717) is 19.3 Å². The van der Waals surface area contributed by atoms with Gasteiger partial charge >= 0.3 is 24.4 Å². The predicted octanol–water partition coefficient (Wildman–Crippen LogP) is 4.54. The smallest absolute Gasteiger partial charge is 0.549 e. The first-order valence-corrected chi connectivity index (χ1v) is 16.3. The first-order valence-electron chi connectivity index (χ1n) is 14.8. The third kappa shape index (κ3) is 40.4. The fourth-order valence-corrected chi connectivity index (χ4v) is 4.10. The van der Waals surface area contributed by atoms with Crippen LogP contribution in [0.4, 0.5) is 0 Å². The molecule has 0 aliphatic carbocycles. The van der Waals surface area contributed by atoms with E-state index in [-0.39, 0.29) is 24.4 Å². The zero-order valence-corrected chi connectivity index (χ0v) is 31.0. The van der Waals surface area contributed by atoms with Gasteiger partial charge in [0.1, 0.15) is 0 Å². The first-order chi connectivity index (χ1) is 18.1. The van der Waals surface area contributed by atoms with Gasteiger partial charge in [0, 0.05) is 15.7 Å². The van der Waals surface area contributed by atoms with E-state index in [9.17, 15) is 29.7 Å². The molecule has 2 radical (unpaired) electrons. The van der Waals surface area contributed by atoms with Crippen molar-refractivity contribution >= 4 is 80.2 Å². The second-order valence-electron chi connectivity index (χ2n) is 11.6. The van der Waals surface area contributed by atoms with Crippen LogP contribution in [0.5, 0.6) is 0 Å². The second-order valence-corrected chi connectivity index (χ2v) is 13.5. The van der Waals surface area contributed by atoms with Crippen LogP contribution in [0.2, 0.25) is 0 Å². The van der Waals surface area contributed by atoms with Gasteiger partial charge in [-0.25, -0.2) is 0 Å². The van der Waals surface area contributed by atoms with Crippen molar-refractivity contribution in [3.63, 3.8) is 0 Å². The third-order valence-electron chi connectivity index (χ3n) is 6.09. The van der Waals surface area contributed by atoms with Crippen LogP contribution in [-0.4, -0.2) is 58.1 Å². The number of hydrogen-bond acceptors (Lipinski definition) is 9. The van der Waals surface area contributed by atoms with Gasteiger partial charge in [0.25, 0.3) is 0 Å². The van der Waals surface area contributed by atoms with E-state index in [4.69, 9.17) is 0 Å². The van der Waals surface area contributed by atoms with Crippen molar-refractivity contribution < 1.29 is 29.7 Å². The van der Waals surface area contributed by atoms with Gasteiger partial charge in [-0.1, -0.05) is 119 Å². The summed E-state index contributed by atoms with van der Waals surface area (Å²) in [6.45, 7) is 13.2. The summed E-state index contributed by atoms with van der Waals surface area (Å²) >= 11 is 11.7. The maximum absolute atomic E-state index is 10.3. The molecule has 0 bridgehead atoms. The molecule has 0 saturated carbocycles. The van der Waals surface area contributed by atoms with Gasteiger partial charge in [0.2, 0.25) is 0 Å². The Morgan fingerprint density at radius 2 is 0.600 bits per heavy atom. The van der Waals surface area contributed by atoms with Gasteiger partial charge in [-0.3, -0.25) is 0 Å². The van der Waals surface area contributed by atoms with Crippen molar-refractivity contribution in [3.8, 4) is 0 Å². The third-order valence-corrected chi connectivity index (χ3v) is 7.50. The number of rotatable bonds is 21. The molecule has 3 atom stereocenters. The van der Waals surface area contributed by atoms with Gasteiger partial charge in [0.15, 0.2) is 0 Å². The molecule has 6 nitrogen and oxygen atoms in total. The van der Waals surface area contributed by atoms with Gasteiger partial charge in [0.05, 0.1) is 17.9 Å². The fourth-order valence-electron chi connectivity index (χ4n) is 3.55. The predicted molar refractivity (Wildman–Crippen MR) is 173 cm³/mol. The molecule has 0 aromatic rings. The van der Waals surface area contributed by atoms with Crippen LogP contribution in [0.1, 0.15) is 138 Å². The SMILES string of the molecule is CC(C)CCCCCC(S)C(=O)[O-].CC(C)CCCCCC(S)C(=O)[O-].CC(C)CCCCCC(S)C(=O)[O-].[Sb+3]. The van der Waals surface area contributed by atoms with Crippen molar-refractivity contribution in [2.75, 3.05) is 0 Å². The number of carboxylic acid groups (broad SMARTS) is 3. The van der Waals surface area contributed by atoms with E-state index in [1.807, 2.05) is 0 Å². The number of unbranched alkanes of at least 4 members (excludes halogenated alkanes) is 6. The van der Waals surface area contributed by atoms with E-state index >= 15 is 0 Å². The molecule has 0 amide bonds. The minimum absolute atomic E-state index is 0. The summed E-state index contributed by atoms with van der Waals surface area (Å²) in [5.41, 5.74) is 0. The van der Waals surface area contributed by atoms with Crippen LogP contribution in [0, 0.1) is 17.8 Å². The topological polar surface area (TPSA) is 120 Å². The Bertz CT molecular complexity index is 525. The maximum atomic E-state index is 10.3. The standard InChI is InChI=1S/3C10H20O2S.Sb/c3*1-8(2)6-4-3-5-7-9(13)10(11)12;/h3*8-9,13H,3-7H2,1-2H3,(H,11,12);/q;;;+3/p-3. The molecule has 236 valence electrons. The Balaban J connectivity index is -0.000000240. The molecule has 0 aromatic carbocycles. The molecule has 0 fully saturated rings. The number of carboxylic acids is 3. The van der Waals surface area contributed by atoms with Crippen LogP contribution in [-0.2, 0) is 14.4 Å². The summed E-state index contributed by atoms with van der Waals surface area (Å²) in [5.74, 6) is -0.916. The Kier molecular flexibility index (Phi) is 38.0. The minimum Gasteiger partial charge on any atom is -0.549 e. The molecule has 0 aliphatic heterocycles. The number of hydrogen-bond donors (Lipinski definition) is 3. The summed E-state index contributed by atoms with van der Waals surface area (Å²) in [6, 6.07) is 0. The molecule has 0 spiro atoms. The Morgan fingerprint density at radius 1 is 0.425 bits per heavy atom. The molecule has 40 heavy (non-hydrogen) atoms. The zero-order valence-electron chi connectivity index (χ0n) is 25.8. The van der Waals surface area contributed by atoms with Gasteiger partial charge < -0.3 is 29.7 Å². The van der Waals surface area contributed by atoms with Crippen molar-refractivity contribution in [3.05, 3.63) is 0 Å². The largest absolute Gasteiger partial charge is 3.00 e. The monoisotopic (exact) mass is 730 g/mol. The summed E-state index contributed by atoms with van der Waals surface area (Å²) in [7, 11) is 0. The van der Waals surface area contributed by atoms with Crippen LogP contribution < -0.4 is 15.3 Å². The maximum Gasteiger partial charge on any atom is 3.00 e. The molecule has 0 N–H and O–H groups in total. The molecule has 0 aromatic heterocycles. The van der Waals surface area contributed by atoms with Crippen LogP contribution in [0.15, 0.2) is 0 Å². The Morgan fingerprint density at radius 3 is 0.750 bits per heavy atom. The molecular formula is C30H57O6S3Sb. The Labute approximate surface area is 279 Å². The summed E-state index contributed by atoms with van der Waals surface area (Å²) in [6.07, 6.45) is 15.2. The van der Waals surface area contributed by atoms with E-state index in [2.05, 4.69) is 79.4 Å². The number of thiol groups is 3. The van der Waals surface area contributed by atoms with E-state index in [1.54, 1.807) is 0 Å². The first kappa shape index (κ1) is 47.2. The Hall–Kier alpha value is 0.278. The van der Waals surface area contributed by atoms with Crippen molar-refractivity contribution in [1.29, 1.82) is 0 Å². The molecule has 10 heteroatoms. The van der Waals surface area contributed by atoms with E-state index < -0.39 is 33.7 Å². The molecule has 0 aliphatic rings. The van der Waals surface area contributed by atoms with Gasteiger partial charge in [-0.2, -0.15) is 37.9 Å². The van der Waals surface area contributed by atoms with Crippen molar-refractivity contribution in [2.24, 2.45) is 17.8 Å². The minimum atomic E-state index is -1.05. The molecule has 0 rings (SSSR count). The molecule has 3 unspecified atom stereocenters. The average Bonchev–Trinajstić information content (AvgIpc) is 2.83. The van der Waals surface area contributed by atoms with Gasteiger partial charge in [-0.15, -0.1) is 0 Å². The number of aliphatic carboxylic acids is 3.